The van der Waals surface area contributed by atoms with E-state index in [1.165, 1.54) is 6.08 Å². The molecule has 0 bridgehead atoms. The number of anilines is 1. The smallest absolute Gasteiger partial charge is 0.336 e. The maximum Gasteiger partial charge on any atom is 0.336 e. The standard InChI is InChI=1S/C30H24ClNO5/c1-35-28-19-21(9-17-27(28)36-20-22-7-13-24(31)14-8-22)10-18-29(33)37-26-15-11-23(12-16-26)30(34)32-25-5-3-2-4-6-25/h2-19H,20H2,1H3,(H,32,34)/b18-10+. The first-order valence-electron chi connectivity index (χ1n) is 11.4. The van der Waals surface area contributed by atoms with Crippen molar-refractivity contribution in [3.05, 3.63) is 125 Å². The molecule has 186 valence electrons. The minimum absolute atomic E-state index is 0.251. The van der Waals surface area contributed by atoms with Crippen LogP contribution in [0.25, 0.3) is 6.08 Å². The van der Waals surface area contributed by atoms with Crippen molar-refractivity contribution in [2.75, 3.05) is 12.4 Å². The monoisotopic (exact) mass is 513 g/mol. The fraction of sp³-hybridized carbons (Fsp3) is 0.0667. The molecule has 1 amide bonds. The van der Waals surface area contributed by atoms with Crippen LogP contribution in [0.15, 0.2) is 103 Å². The summed E-state index contributed by atoms with van der Waals surface area (Å²) in [7, 11) is 1.55. The number of amides is 1. The molecule has 0 aliphatic heterocycles. The fourth-order valence-corrected chi connectivity index (χ4v) is 3.49. The number of methoxy groups -OCH3 is 1. The number of benzene rings is 4. The van der Waals surface area contributed by atoms with Crippen molar-refractivity contribution in [1.82, 2.24) is 0 Å². The van der Waals surface area contributed by atoms with E-state index in [0.717, 1.165) is 11.1 Å². The van der Waals surface area contributed by atoms with E-state index in [0.29, 0.717) is 40.1 Å². The van der Waals surface area contributed by atoms with Crippen molar-refractivity contribution in [2.24, 2.45) is 0 Å². The van der Waals surface area contributed by atoms with E-state index in [1.807, 2.05) is 48.5 Å². The van der Waals surface area contributed by atoms with Crippen LogP contribution in [0, 0.1) is 0 Å². The lowest BCUT2D eigenvalue weighted by atomic mass is 10.2. The van der Waals surface area contributed by atoms with E-state index in [9.17, 15) is 9.59 Å². The summed E-state index contributed by atoms with van der Waals surface area (Å²) >= 11 is 5.92. The minimum atomic E-state index is -0.552. The molecule has 0 atom stereocenters. The molecule has 0 fully saturated rings. The summed E-state index contributed by atoms with van der Waals surface area (Å²) in [5, 5.41) is 3.47. The summed E-state index contributed by atoms with van der Waals surface area (Å²) in [6, 6.07) is 28.2. The lowest BCUT2D eigenvalue weighted by Crippen LogP contribution is -2.11. The Balaban J connectivity index is 1.32. The van der Waals surface area contributed by atoms with Crippen molar-refractivity contribution in [2.45, 2.75) is 6.61 Å². The summed E-state index contributed by atoms with van der Waals surface area (Å²) in [4.78, 5) is 24.7. The van der Waals surface area contributed by atoms with Gasteiger partial charge < -0.3 is 19.5 Å². The Morgan fingerprint density at radius 3 is 2.30 bits per heavy atom. The van der Waals surface area contributed by atoms with Crippen LogP contribution in [0.1, 0.15) is 21.5 Å². The van der Waals surface area contributed by atoms with E-state index in [4.69, 9.17) is 25.8 Å². The van der Waals surface area contributed by atoms with Crippen molar-refractivity contribution >= 4 is 35.2 Å². The van der Waals surface area contributed by atoms with Crippen LogP contribution in [0.3, 0.4) is 0 Å². The molecule has 0 radical (unpaired) electrons. The molecule has 6 nitrogen and oxygen atoms in total. The molecular formula is C30H24ClNO5. The molecule has 7 heteroatoms. The van der Waals surface area contributed by atoms with E-state index in [2.05, 4.69) is 5.32 Å². The number of ether oxygens (including phenoxy) is 3. The number of nitrogens with one attached hydrogen (secondary N) is 1. The zero-order valence-corrected chi connectivity index (χ0v) is 20.8. The topological polar surface area (TPSA) is 73.9 Å². The highest BCUT2D eigenvalue weighted by Crippen LogP contribution is 2.29. The molecule has 0 aliphatic carbocycles. The minimum Gasteiger partial charge on any atom is -0.493 e. The van der Waals surface area contributed by atoms with Gasteiger partial charge in [0.05, 0.1) is 7.11 Å². The van der Waals surface area contributed by atoms with Crippen LogP contribution in [-0.2, 0) is 11.4 Å². The normalized spacial score (nSPS) is 10.6. The van der Waals surface area contributed by atoms with Crippen LogP contribution in [-0.4, -0.2) is 19.0 Å². The zero-order chi connectivity index (χ0) is 26.0. The van der Waals surface area contributed by atoms with Gasteiger partial charge in [0.25, 0.3) is 5.91 Å². The Morgan fingerprint density at radius 1 is 0.865 bits per heavy atom. The highest BCUT2D eigenvalue weighted by Gasteiger charge is 2.09. The second-order valence-electron chi connectivity index (χ2n) is 7.92. The molecular weight excluding hydrogens is 490 g/mol. The van der Waals surface area contributed by atoms with E-state index >= 15 is 0 Å². The van der Waals surface area contributed by atoms with Crippen LogP contribution >= 0.6 is 11.6 Å². The lowest BCUT2D eigenvalue weighted by molar-refractivity contribution is -0.128. The van der Waals surface area contributed by atoms with Gasteiger partial charge in [0.1, 0.15) is 12.4 Å². The van der Waals surface area contributed by atoms with Gasteiger partial charge in [-0.3, -0.25) is 4.79 Å². The number of hydrogen-bond donors (Lipinski definition) is 1. The maximum absolute atomic E-state index is 12.4. The predicted molar refractivity (Wildman–Crippen MR) is 144 cm³/mol. The summed E-state index contributed by atoms with van der Waals surface area (Å²) < 4.78 is 16.6. The van der Waals surface area contributed by atoms with Crippen molar-refractivity contribution in [3.8, 4) is 17.2 Å². The highest BCUT2D eigenvalue weighted by atomic mass is 35.5. The zero-order valence-electron chi connectivity index (χ0n) is 20.0. The second kappa shape index (κ2) is 12.4. The van der Waals surface area contributed by atoms with Crippen LogP contribution in [0.4, 0.5) is 5.69 Å². The average molecular weight is 514 g/mol. The van der Waals surface area contributed by atoms with Crippen molar-refractivity contribution in [1.29, 1.82) is 0 Å². The van der Waals surface area contributed by atoms with E-state index in [-0.39, 0.29) is 5.91 Å². The molecule has 0 heterocycles. The Hall–Kier alpha value is -4.55. The third-order valence-electron chi connectivity index (χ3n) is 5.27. The maximum atomic E-state index is 12.4. The summed E-state index contributed by atoms with van der Waals surface area (Å²) in [5.74, 6) is 0.638. The van der Waals surface area contributed by atoms with Gasteiger partial charge in [-0.25, -0.2) is 4.79 Å². The Morgan fingerprint density at radius 2 is 1.59 bits per heavy atom. The average Bonchev–Trinajstić information content (AvgIpc) is 2.92. The number of hydrogen-bond acceptors (Lipinski definition) is 5. The second-order valence-corrected chi connectivity index (χ2v) is 8.36. The summed E-state index contributed by atoms with van der Waals surface area (Å²) in [6.45, 7) is 0.363. The number of carbonyl (C=O) groups excluding carboxylic acids is 2. The number of para-hydroxylation sites is 1. The lowest BCUT2D eigenvalue weighted by Gasteiger charge is -2.11. The molecule has 0 aliphatic rings. The van der Waals surface area contributed by atoms with E-state index < -0.39 is 5.97 Å². The number of esters is 1. The molecule has 0 unspecified atom stereocenters. The highest BCUT2D eigenvalue weighted by molar-refractivity contribution is 6.30. The third kappa shape index (κ3) is 7.46. The summed E-state index contributed by atoms with van der Waals surface area (Å²) in [6.07, 6.45) is 2.94. The Kier molecular flexibility index (Phi) is 8.57. The Labute approximate surface area is 220 Å². The summed E-state index contributed by atoms with van der Waals surface area (Å²) in [5.41, 5.74) is 2.86. The van der Waals surface area contributed by atoms with Gasteiger partial charge in [-0.1, -0.05) is 48.0 Å². The number of carbonyl (C=O) groups is 2. The third-order valence-corrected chi connectivity index (χ3v) is 5.53. The molecule has 0 aromatic heterocycles. The molecule has 4 aromatic carbocycles. The molecule has 1 N–H and O–H groups in total. The van der Waals surface area contributed by atoms with Crippen molar-refractivity contribution < 1.29 is 23.8 Å². The van der Waals surface area contributed by atoms with Gasteiger partial charge in [-0.15, -0.1) is 0 Å². The predicted octanol–water partition coefficient (Wildman–Crippen LogP) is 6.80. The first-order chi connectivity index (χ1) is 18.0. The van der Waals surface area contributed by atoms with Gasteiger partial charge in [0.2, 0.25) is 0 Å². The Bertz CT molecular complexity index is 1380. The van der Waals surface area contributed by atoms with Crippen molar-refractivity contribution in [3.63, 3.8) is 0 Å². The van der Waals surface area contributed by atoms with Gasteiger partial charge >= 0.3 is 5.97 Å². The molecule has 0 saturated carbocycles. The molecule has 0 spiro atoms. The molecule has 4 rings (SSSR count). The van der Waals surface area contributed by atoms with Crippen LogP contribution < -0.4 is 19.5 Å². The number of rotatable bonds is 9. The van der Waals surface area contributed by atoms with Gasteiger partial charge in [-0.05, 0) is 77.9 Å². The van der Waals surface area contributed by atoms with E-state index in [1.54, 1.807) is 61.7 Å². The largest absolute Gasteiger partial charge is 0.493 e. The first kappa shape index (κ1) is 25.5. The molecule has 4 aromatic rings. The van der Waals surface area contributed by atoms with Gasteiger partial charge in [0.15, 0.2) is 11.5 Å². The van der Waals surface area contributed by atoms with Gasteiger partial charge in [0, 0.05) is 22.3 Å². The van der Waals surface area contributed by atoms with Gasteiger partial charge in [-0.2, -0.15) is 0 Å². The SMILES string of the molecule is COc1cc(/C=C/C(=O)Oc2ccc(C(=O)Nc3ccccc3)cc2)ccc1OCc1ccc(Cl)cc1. The number of halogens is 1. The molecule has 37 heavy (non-hydrogen) atoms. The van der Waals surface area contributed by atoms with Crippen LogP contribution in [0.2, 0.25) is 5.02 Å². The molecule has 0 saturated heterocycles. The van der Waals surface area contributed by atoms with Crippen LogP contribution in [0.5, 0.6) is 17.2 Å². The first-order valence-corrected chi connectivity index (χ1v) is 11.8. The quantitative estimate of drug-likeness (QED) is 0.151. The fourth-order valence-electron chi connectivity index (χ4n) is 3.36.